The molecule has 0 bridgehead atoms. The maximum Gasteiger partial charge on any atom is 0.123 e. The van der Waals surface area contributed by atoms with E-state index in [2.05, 4.69) is 4.98 Å². The van der Waals surface area contributed by atoms with Crippen molar-refractivity contribution < 1.29 is 10.2 Å². The molecule has 102 valence electrons. The molecule has 1 unspecified atom stereocenters. The third kappa shape index (κ3) is 2.04. The molecule has 0 saturated carbocycles. The number of nitrogens with one attached hydrogen (secondary N) is 1. The van der Waals surface area contributed by atoms with E-state index in [1.165, 1.54) is 12.1 Å². The zero-order chi connectivity index (χ0) is 14.3. The first-order valence-electron chi connectivity index (χ1n) is 6.00. The number of aliphatic hydroxyl groups excluding tert-OH is 1. The summed E-state index contributed by atoms with van der Waals surface area (Å²) in [6.45, 7) is 0. The van der Waals surface area contributed by atoms with Gasteiger partial charge in [0.1, 0.15) is 11.9 Å². The van der Waals surface area contributed by atoms with Gasteiger partial charge in [0.25, 0.3) is 0 Å². The van der Waals surface area contributed by atoms with Crippen molar-refractivity contribution in [3.8, 4) is 5.75 Å². The van der Waals surface area contributed by atoms with E-state index in [1.54, 1.807) is 12.3 Å². The van der Waals surface area contributed by atoms with Gasteiger partial charge in [0, 0.05) is 22.7 Å². The second kappa shape index (κ2) is 5.02. The summed E-state index contributed by atoms with van der Waals surface area (Å²) < 4.78 is 0. The van der Waals surface area contributed by atoms with Crippen molar-refractivity contribution in [3.63, 3.8) is 0 Å². The predicted octanol–water partition coefficient (Wildman–Crippen LogP) is 4.26. The Labute approximate surface area is 125 Å². The lowest BCUT2D eigenvalue weighted by Crippen LogP contribution is -2.02. The third-order valence-electron chi connectivity index (χ3n) is 3.31. The molecule has 3 rings (SSSR count). The summed E-state index contributed by atoms with van der Waals surface area (Å²) in [5.74, 6) is -0.0839. The standard InChI is InChI=1S/C15H11Cl2NO2/c16-10-4-5-12(19)13(14(10)17)15(20)9-2-1-3-11-8(9)6-7-18-11/h1-7,15,18-20H. The Kier molecular flexibility index (Phi) is 3.34. The topological polar surface area (TPSA) is 56.2 Å². The summed E-state index contributed by atoms with van der Waals surface area (Å²) in [5.41, 5.74) is 1.77. The van der Waals surface area contributed by atoms with Crippen LogP contribution >= 0.6 is 23.2 Å². The lowest BCUT2D eigenvalue weighted by molar-refractivity contribution is 0.217. The normalized spacial score (nSPS) is 12.8. The number of halogens is 2. The largest absolute Gasteiger partial charge is 0.508 e. The Morgan fingerprint density at radius 2 is 1.85 bits per heavy atom. The highest BCUT2D eigenvalue weighted by Crippen LogP contribution is 2.40. The number of H-pyrrole nitrogens is 1. The monoisotopic (exact) mass is 307 g/mol. The molecular weight excluding hydrogens is 297 g/mol. The van der Waals surface area contributed by atoms with Crippen molar-refractivity contribution in [2.45, 2.75) is 6.10 Å². The van der Waals surface area contributed by atoms with Crippen molar-refractivity contribution in [2.75, 3.05) is 0 Å². The van der Waals surface area contributed by atoms with E-state index in [9.17, 15) is 10.2 Å². The fraction of sp³-hybridized carbons (Fsp3) is 0.0667. The van der Waals surface area contributed by atoms with Crippen molar-refractivity contribution in [1.82, 2.24) is 4.98 Å². The molecule has 20 heavy (non-hydrogen) atoms. The first-order chi connectivity index (χ1) is 9.59. The van der Waals surface area contributed by atoms with Gasteiger partial charge in [-0.1, -0.05) is 35.3 Å². The highest BCUT2D eigenvalue weighted by molar-refractivity contribution is 6.42. The number of hydrogen-bond donors (Lipinski definition) is 3. The Bertz CT molecular complexity index is 783. The zero-order valence-electron chi connectivity index (χ0n) is 10.3. The molecular formula is C15H11Cl2NO2. The molecule has 0 spiro atoms. The Morgan fingerprint density at radius 1 is 1.05 bits per heavy atom. The van der Waals surface area contributed by atoms with Crippen molar-refractivity contribution >= 4 is 34.1 Å². The van der Waals surface area contributed by atoms with E-state index in [1.807, 2.05) is 18.2 Å². The number of phenolic OH excluding ortho intramolecular Hbond substituents is 1. The number of aromatic nitrogens is 1. The van der Waals surface area contributed by atoms with Gasteiger partial charge in [-0.05, 0) is 29.8 Å². The van der Waals surface area contributed by atoms with E-state index in [0.29, 0.717) is 10.6 Å². The molecule has 0 amide bonds. The number of aromatic amines is 1. The van der Waals surface area contributed by atoms with Crippen LogP contribution in [0.1, 0.15) is 17.2 Å². The minimum atomic E-state index is -1.05. The van der Waals surface area contributed by atoms with Crippen molar-refractivity contribution in [3.05, 3.63) is 63.8 Å². The van der Waals surface area contributed by atoms with Gasteiger partial charge in [0.15, 0.2) is 0 Å². The molecule has 0 aliphatic heterocycles. The molecule has 5 heteroatoms. The summed E-state index contributed by atoms with van der Waals surface area (Å²) in [5, 5.41) is 21.9. The molecule has 1 heterocycles. The van der Waals surface area contributed by atoms with Crippen LogP contribution in [0.15, 0.2) is 42.6 Å². The minimum Gasteiger partial charge on any atom is -0.508 e. The van der Waals surface area contributed by atoms with Gasteiger partial charge in [0.05, 0.1) is 10.0 Å². The van der Waals surface area contributed by atoms with Gasteiger partial charge in [-0.2, -0.15) is 0 Å². The average Bonchev–Trinajstić information content (AvgIpc) is 2.91. The molecule has 3 nitrogen and oxygen atoms in total. The Morgan fingerprint density at radius 3 is 2.65 bits per heavy atom. The van der Waals surface area contributed by atoms with Gasteiger partial charge in [-0.3, -0.25) is 0 Å². The van der Waals surface area contributed by atoms with Gasteiger partial charge in [-0.25, -0.2) is 0 Å². The summed E-state index contributed by atoms with van der Waals surface area (Å²) in [6, 6.07) is 10.3. The molecule has 0 saturated heterocycles. The van der Waals surface area contributed by atoms with Crippen LogP contribution in [-0.4, -0.2) is 15.2 Å². The zero-order valence-corrected chi connectivity index (χ0v) is 11.8. The quantitative estimate of drug-likeness (QED) is 0.662. The molecule has 0 radical (unpaired) electrons. The molecule has 0 aliphatic carbocycles. The molecule has 2 aromatic carbocycles. The van der Waals surface area contributed by atoms with Gasteiger partial charge in [-0.15, -0.1) is 0 Å². The van der Waals surface area contributed by atoms with E-state index < -0.39 is 6.10 Å². The fourth-order valence-corrected chi connectivity index (χ4v) is 2.75. The lowest BCUT2D eigenvalue weighted by Gasteiger charge is -2.16. The second-order valence-electron chi connectivity index (χ2n) is 4.48. The van der Waals surface area contributed by atoms with Crippen LogP contribution in [0.2, 0.25) is 10.0 Å². The Hall–Kier alpha value is -1.68. The van der Waals surface area contributed by atoms with E-state index in [4.69, 9.17) is 23.2 Å². The summed E-state index contributed by atoms with van der Waals surface area (Å²) >= 11 is 12.1. The van der Waals surface area contributed by atoms with Crippen LogP contribution in [0.25, 0.3) is 10.9 Å². The number of hydrogen-bond acceptors (Lipinski definition) is 2. The predicted molar refractivity (Wildman–Crippen MR) is 80.5 cm³/mol. The lowest BCUT2D eigenvalue weighted by atomic mass is 9.97. The van der Waals surface area contributed by atoms with E-state index in [0.717, 1.165) is 10.9 Å². The highest BCUT2D eigenvalue weighted by Gasteiger charge is 2.21. The van der Waals surface area contributed by atoms with Crippen LogP contribution in [0.3, 0.4) is 0 Å². The molecule has 1 aromatic heterocycles. The Balaban J connectivity index is 2.21. The number of rotatable bonds is 2. The maximum absolute atomic E-state index is 10.6. The molecule has 0 aliphatic rings. The summed E-state index contributed by atoms with van der Waals surface area (Å²) in [4.78, 5) is 3.07. The molecule has 3 N–H and O–H groups in total. The number of aromatic hydroxyl groups is 1. The molecule has 1 atom stereocenters. The maximum atomic E-state index is 10.6. The van der Waals surface area contributed by atoms with Crippen LogP contribution < -0.4 is 0 Å². The van der Waals surface area contributed by atoms with E-state index in [-0.39, 0.29) is 16.3 Å². The summed E-state index contributed by atoms with van der Waals surface area (Å²) in [6.07, 6.45) is 0.737. The van der Waals surface area contributed by atoms with Crippen LogP contribution in [0.4, 0.5) is 0 Å². The number of benzene rings is 2. The number of phenols is 1. The number of fused-ring (bicyclic) bond motifs is 1. The summed E-state index contributed by atoms with van der Waals surface area (Å²) in [7, 11) is 0. The van der Waals surface area contributed by atoms with Gasteiger partial charge < -0.3 is 15.2 Å². The smallest absolute Gasteiger partial charge is 0.123 e. The fourth-order valence-electron chi connectivity index (χ4n) is 2.32. The first-order valence-corrected chi connectivity index (χ1v) is 6.76. The van der Waals surface area contributed by atoms with E-state index >= 15 is 0 Å². The SMILES string of the molecule is Oc1ccc(Cl)c(Cl)c1C(O)c1cccc2[nH]ccc12. The third-order valence-corrected chi connectivity index (χ3v) is 4.13. The van der Waals surface area contributed by atoms with Crippen LogP contribution in [0, 0.1) is 0 Å². The minimum absolute atomic E-state index is 0.0839. The van der Waals surface area contributed by atoms with Crippen molar-refractivity contribution in [1.29, 1.82) is 0 Å². The molecule has 0 fully saturated rings. The second-order valence-corrected chi connectivity index (χ2v) is 5.27. The first kappa shape index (κ1) is 13.3. The highest BCUT2D eigenvalue weighted by atomic mass is 35.5. The average molecular weight is 308 g/mol. The van der Waals surface area contributed by atoms with Gasteiger partial charge >= 0.3 is 0 Å². The van der Waals surface area contributed by atoms with Crippen LogP contribution in [-0.2, 0) is 0 Å². The number of aliphatic hydroxyl groups is 1. The van der Waals surface area contributed by atoms with Crippen LogP contribution in [0.5, 0.6) is 5.75 Å². The van der Waals surface area contributed by atoms with Crippen molar-refractivity contribution in [2.24, 2.45) is 0 Å². The molecule has 3 aromatic rings. The van der Waals surface area contributed by atoms with Gasteiger partial charge in [0.2, 0.25) is 0 Å².